The third-order valence-corrected chi connectivity index (χ3v) is 6.03. The number of hydrogen-bond acceptors (Lipinski definition) is 3. The van der Waals surface area contributed by atoms with Crippen LogP contribution in [0.3, 0.4) is 0 Å². The molecule has 1 fully saturated rings. The van der Waals surface area contributed by atoms with Crippen molar-refractivity contribution in [2.45, 2.75) is 70.9 Å². The van der Waals surface area contributed by atoms with Crippen molar-refractivity contribution in [3.05, 3.63) is 58.6 Å². The molecular formula is C24H30N4O2. The summed E-state index contributed by atoms with van der Waals surface area (Å²) in [6.45, 7) is 4.70. The number of fused-ring (bicyclic) bond motifs is 1. The zero-order chi connectivity index (χ0) is 21.1. The van der Waals surface area contributed by atoms with Gasteiger partial charge in [0.1, 0.15) is 5.52 Å². The van der Waals surface area contributed by atoms with E-state index >= 15 is 0 Å². The van der Waals surface area contributed by atoms with E-state index in [0.29, 0.717) is 30.4 Å². The molecule has 0 unspecified atom stereocenters. The van der Waals surface area contributed by atoms with Crippen LogP contribution in [0, 0.1) is 0 Å². The summed E-state index contributed by atoms with van der Waals surface area (Å²) in [5.74, 6) is 0.496. The van der Waals surface area contributed by atoms with E-state index in [0.717, 1.165) is 24.1 Å². The maximum atomic E-state index is 12.9. The molecule has 6 nitrogen and oxygen atoms in total. The van der Waals surface area contributed by atoms with E-state index in [2.05, 4.69) is 36.4 Å². The molecule has 4 rings (SSSR count). The minimum atomic E-state index is -0.125. The summed E-state index contributed by atoms with van der Waals surface area (Å²) in [6, 6.07) is 10.4. The third-order valence-electron chi connectivity index (χ3n) is 6.03. The van der Waals surface area contributed by atoms with Gasteiger partial charge in [-0.1, -0.05) is 57.4 Å². The van der Waals surface area contributed by atoms with Gasteiger partial charge < -0.3 is 9.88 Å². The first kappa shape index (κ1) is 20.4. The molecule has 1 aliphatic carbocycles. The Morgan fingerprint density at radius 1 is 1.13 bits per heavy atom. The lowest BCUT2D eigenvalue weighted by Crippen LogP contribution is -2.37. The molecule has 0 aliphatic heterocycles. The first-order valence-corrected chi connectivity index (χ1v) is 11.0. The molecule has 0 radical (unpaired) electrons. The number of rotatable bonds is 6. The molecule has 1 amide bonds. The van der Waals surface area contributed by atoms with Crippen molar-refractivity contribution in [3.63, 3.8) is 0 Å². The van der Waals surface area contributed by atoms with Crippen molar-refractivity contribution < 1.29 is 4.79 Å². The summed E-state index contributed by atoms with van der Waals surface area (Å²) in [5, 5.41) is 7.67. The number of benzene rings is 1. The van der Waals surface area contributed by atoms with Crippen LogP contribution >= 0.6 is 0 Å². The summed E-state index contributed by atoms with van der Waals surface area (Å²) >= 11 is 0. The van der Waals surface area contributed by atoms with Crippen LogP contribution in [-0.2, 0) is 11.3 Å². The van der Waals surface area contributed by atoms with Gasteiger partial charge in [0.15, 0.2) is 0 Å². The highest BCUT2D eigenvalue weighted by Crippen LogP contribution is 2.22. The second-order valence-electron chi connectivity index (χ2n) is 8.59. The van der Waals surface area contributed by atoms with Crippen molar-refractivity contribution >= 4 is 11.4 Å². The average molecular weight is 407 g/mol. The molecule has 1 aromatic carbocycles. The maximum Gasteiger partial charge on any atom is 0.276 e. The fraction of sp³-hybridized carbons (Fsp3) is 0.458. The lowest BCUT2D eigenvalue weighted by Gasteiger charge is -2.22. The van der Waals surface area contributed by atoms with Crippen LogP contribution in [0.4, 0.5) is 0 Å². The largest absolute Gasteiger partial charge is 0.353 e. The SMILES string of the molecule is CC(C)c1ccc(-c2cc3c(=O)n(CCC(=O)NC4CCCCC4)ccn3n2)cc1. The van der Waals surface area contributed by atoms with E-state index in [1.807, 2.05) is 18.2 Å². The normalized spacial score (nSPS) is 15.0. The smallest absolute Gasteiger partial charge is 0.276 e. The Kier molecular flexibility index (Phi) is 6.02. The lowest BCUT2D eigenvalue weighted by atomic mass is 9.95. The summed E-state index contributed by atoms with van der Waals surface area (Å²) < 4.78 is 3.22. The van der Waals surface area contributed by atoms with Crippen molar-refractivity contribution in [2.24, 2.45) is 0 Å². The standard InChI is InChI=1S/C24H30N4O2/c1-17(2)18-8-10-19(11-9-18)21-16-22-24(30)27(14-15-28(22)26-21)13-12-23(29)25-20-6-4-3-5-7-20/h8-11,14-17,20H,3-7,12-13H2,1-2H3,(H,25,29). The van der Waals surface area contributed by atoms with Crippen LogP contribution in [0.2, 0.25) is 0 Å². The molecule has 3 aromatic rings. The Morgan fingerprint density at radius 3 is 2.57 bits per heavy atom. The number of hydrogen-bond donors (Lipinski definition) is 1. The van der Waals surface area contributed by atoms with E-state index in [9.17, 15) is 9.59 Å². The van der Waals surface area contributed by atoms with Gasteiger partial charge in [-0.3, -0.25) is 9.59 Å². The van der Waals surface area contributed by atoms with Gasteiger partial charge >= 0.3 is 0 Å². The Morgan fingerprint density at radius 2 is 1.87 bits per heavy atom. The number of nitrogens with zero attached hydrogens (tertiary/aromatic N) is 3. The van der Waals surface area contributed by atoms with E-state index in [-0.39, 0.29) is 11.5 Å². The number of carbonyl (C=O) groups excluding carboxylic acids is 1. The minimum absolute atomic E-state index is 0.0214. The first-order valence-electron chi connectivity index (χ1n) is 11.0. The number of amides is 1. The second-order valence-corrected chi connectivity index (χ2v) is 8.59. The highest BCUT2D eigenvalue weighted by Gasteiger charge is 2.16. The molecule has 6 heteroatoms. The summed E-state index contributed by atoms with van der Waals surface area (Å²) in [4.78, 5) is 25.2. The molecule has 2 aromatic heterocycles. The molecule has 158 valence electrons. The monoisotopic (exact) mass is 406 g/mol. The number of nitrogens with one attached hydrogen (secondary N) is 1. The quantitative estimate of drug-likeness (QED) is 0.669. The van der Waals surface area contributed by atoms with Gasteiger partial charge in [-0.25, -0.2) is 4.52 Å². The van der Waals surface area contributed by atoms with E-state index in [1.54, 1.807) is 21.5 Å². The Balaban J connectivity index is 1.47. The molecular weight excluding hydrogens is 376 g/mol. The van der Waals surface area contributed by atoms with Crippen molar-refractivity contribution in [1.82, 2.24) is 19.5 Å². The Labute approximate surface area is 176 Å². The molecule has 0 saturated heterocycles. The maximum absolute atomic E-state index is 12.9. The van der Waals surface area contributed by atoms with Crippen LogP contribution in [0.1, 0.15) is 63.9 Å². The fourth-order valence-corrected chi connectivity index (χ4v) is 4.15. The van der Waals surface area contributed by atoms with Crippen LogP contribution in [0.5, 0.6) is 0 Å². The molecule has 1 saturated carbocycles. The zero-order valence-corrected chi connectivity index (χ0v) is 17.8. The van der Waals surface area contributed by atoms with Gasteiger partial charge in [-0.15, -0.1) is 0 Å². The van der Waals surface area contributed by atoms with Gasteiger partial charge in [0, 0.05) is 37.0 Å². The third kappa shape index (κ3) is 4.48. The first-order chi connectivity index (χ1) is 14.5. The Hall–Kier alpha value is -2.89. The highest BCUT2D eigenvalue weighted by atomic mass is 16.2. The average Bonchev–Trinajstić information content (AvgIpc) is 3.19. The molecule has 1 aliphatic rings. The topological polar surface area (TPSA) is 68.4 Å². The van der Waals surface area contributed by atoms with Gasteiger partial charge in [0.2, 0.25) is 5.91 Å². The summed E-state index contributed by atoms with van der Waals surface area (Å²) in [6.07, 6.45) is 9.56. The lowest BCUT2D eigenvalue weighted by molar-refractivity contribution is -0.122. The van der Waals surface area contributed by atoms with Crippen LogP contribution in [-0.4, -0.2) is 26.1 Å². The van der Waals surface area contributed by atoms with E-state index in [1.165, 1.54) is 24.8 Å². The molecule has 0 atom stereocenters. The molecule has 0 spiro atoms. The van der Waals surface area contributed by atoms with Crippen molar-refractivity contribution in [2.75, 3.05) is 0 Å². The minimum Gasteiger partial charge on any atom is -0.353 e. The van der Waals surface area contributed by atoms with Gasteiger partial charge in [0.25, 0.3) is 5.56 Å². The van der Waals surface area contributed by atoms with Gasteiger partial charge in [-0.2, -0.15) is 5.10 Å². The molecule has 30 heavy (non-hydrogen) atoms. The summed E-state index contributed by atoms with van der Waals surface area (Å²) in [5.41, 5.74) is 3.43. The second kappa shape index (κ2) is 8.86. The predicted octanol–water partition coefficient (Wildman–Crippen LogP) is 4.13. The number of aromatic nitrogens is 3. The van der Waals surface area contributed by atoms with Crippen LogP contribution in [0.15, 0.2) is 47.5 Å². The zero-order valence-electron chi connectivity index (χ0n) is 17.8. The summed E-state index contributed by atoms with van der Waals surface area (Å²) in [7, 11) is 0. The fourth-order valence-electron chi connectivity index (χ4n) is 4.15. The van der Waals surface area contributed by atoms with Crippen LogP contribution in [0.25, 0.3) is 16.8 Å². The number of carbonyl (C=O) groups is 1. The molecule has 1 N–H and O–H groups in total. The predicted molar refractivity (Wildman–Crippen MR) is 119 cm³/mol. The van der Waals surface area contributed by atoms with Crippen molar-refractivity contribution in [3.8, 4) is 11.3 Å². The van der Waals surface area contributed by atoms with Gasteiger partial charge in [0.05, 0.1) is 5.69 Å². The molecule has 2 heterocycles. The van der Waals surface area contributed by atoms with Crippen LogP contribution < -0.4 is 10.9 Å². The van der Waals surface area contributed by atoms with Gasteiger partial charge in [-0.05, 0) is 30.4 Å². The van der Waals surface area contributed by atoms with E-state index in [4.69, 9.17) is 0 Å². The Bertz CT molecular complexity index is 1070. The van der Waals surface area contributed by atoms with E-state index < -0.39 is 0 Å². The number of aryl methyl sites for hydroxylation is 1. The van der Waals surface area contributed by atoms with Crippen molar-refractivity contribution in [1.29, 1.82) is 0 Å². The highest BCUT2D eigenvalue weighted by molar-refractivity contribution is 5.76. The molecule has 0 bridgehead atoms.